The van der Waals surface area contributed by atoms with Crippen LogP contribution in [0.4, 0.5) is 10.5 Å². The van der Waals surface area contributed by atoms with Crippen LogP contribution >= 0.6 is 0 Å². The number of fused-ring (bicyclic) bond motifs is 1. The van der Waals surface area contributed by atoms with E-state index >= 15 is 0 Å². The maximum Gasteiger partial charge on any atom is 0.312 e. The standard InChI is InChI=1S/C17H17N3O2/c18-17(22)19-11-12-5-7-14(8-6-12)16(21)20-10-9-13-3-1-2-4-15(13)20/h1-8H,9-11H2,(H3,18,19,22). The van der Waals surface area contributed by atoms with E-state index < -0.39 is 6.03 Å². The summed E-state index contributed by atoms with van der Waals surface area (Å²) in [5.74, 6) is -0.000592. The predicted molar refractivity (Wildman–Crippen MR) is 84.7 cm³/mol. The lowest BCUT2D eigenvalue weighted by molar-refractivity contribution is 0.0989. The molecule has 0 bridgehead atoms. The van der Waals surface area contributed by atoms with Gasteiger partial charge >= 0.3 is 6.03 Å². The van der Waals surface area contributed by atoms with Crippen LogP contribution in [-0.2, 0) is 13.0 Å². The van der Waals surface area contributed by atoms with Gasteiger partial charge in [0.15, 0.2) is 0 Å². The minimum atomic E-state index is -0.561. The number of carbonyl (C=O) groups is 2. The van der Waals surface area contributed by atoms with Crippen LogP contribution in [0.2, 0.25) is 0 Å². The first kappa shape index (κ1) is 14.1. The van der Waals surface area contributed by atoms with Crippen molar-refractivity contribution in [2.24, 2.45) is 5.73 Å². The van der Waals surface area contributed by atoms with E-state index in [1.165, 1.54) is 5.56 Å². The molecule has 1 heterocycles. The number of nitrogens with one attached hydrogen (secondary N) is 1. The first-order chi connectivity index (χ1) is 10.6. The van der Waals surface area contributed by atoms with Gasteiger partial charge in [0.25, 0.3) is 5.91 Å². The van der Waals surface area contributed by atoms with Crippen molar-refractivity contribution in [2.45, 2.75) is 13.0 Å². The number of rotatable bonds is 3. The molecule has 1 aliphatic rings. The van der Waals surface area contributed by atoms with Gasteiger partial charge in [0.1, 0.15) is 0 Å². The molecule has 0 atom stereocenters. The summed E-state index contributed by atoms with van der Waals surface area (Å²) in [5, 5.41) is 2.52. The monoisotopic (exact) mass is 295 g/mol. The lowest BCUT2D eigenvalue weighted by Crippen LogP contribution is -2.29. The van der Waals surface area contributed by atoms with E-state index in [0.717, 1.165) is 17.7 Å². The van der Waals surface area contributed by atoms with Gasteiger partial charge in [-0.3, -0.25) is 4.79 Å². The number of hydrogen-bond donors (Lipinski definition) is 2. The number of primary amides is 1. The van der Waals surface area contributed by atoms with E-state index in [9.17, 15) is 9.59 Å². The summed E-state index contributed by atoms with van der Waals surface area (Å²) in [7, 11) is 0. The Labute approximate surface area is 128 Å². The van der Waals surface area contributed by atoms with E-state index in [4.69, 9.17) is 5.73 Å². The molecule has 0 unspecified atom stereocenters. The zero-order valence-corrected chi connectivity index (χ0v) is 12.1. The predicted octanol–water partition coefficient (Wildman–Crippen LogP) is 2.06. The van der Waals surface area contributed by atoms with Gasteiger partial charge in [-0.1, -0.05) is 30.3 Å². The first-order valence-electron chi connectivity index (χ1n) is 7.17. The molecule has 3 rings (SSSR count). The van der Waals surface area contributed by atoms with Crippen molar-refractivity contribution in [3.05, 3.63) is 65.2 Å². The molecule has 0 saturated carbocycles. The van der Waals surface area contributed by atoms with Crippen molar-refractivity contribution in [2.75, 3.05) is 11.4 Å². The summed E-state index contributed by atoms with van der Waals surface area (Å²) in [6.07, 6.45) is 0.891. The van der Waals surface area contributed by atoms with Crippen molar-refractivity contribution in [3.63, 3.8) is 0 Å². The van der Waals surface area contributed by atoms with E-state index in [1.54, 1.807) is 12.1 Å². The average molecular weight is 295 g/mol. The first-order valence-corrected chi connectivity index (χ1v) is 7.17. The van der Waals surface area contributed by atoms with E-state index in [1.807, 2.05) is 35.2 Å². The molecule has 112 valence electrons. The summed E-state index contributed by atoms with van der Waals surface area (Å²) in [4.78, 5) is 25.1. The largest absolute Gasteiger partial charge is 0.352 e. The normalized spacial score (nSPS) is 12.8. The number of carbonyl (C=O) groups excluding carboxylic acids is 2. The smallest absolute Gasteiger partial charge is 0.312 e. The minimum absolute atomic E-state index is 0.000592. The Kier molecular flexibility index (Phi) is 3.78. The van der Waals surface area contributed by atoms with Gasteiger partial charge in [-0.05, 0) is 35.7 Å². The maximum atomic E-state index is 12.6. The Morgan fingerprint density at radius 1 is 1.09 bits per heavy atom. The number of anilines is 1. The number of nitrogens with zero attached hydrogens (tertiary/aromatic N) is 1. The summed E-state index contributed by atoms with van der Waals surface area (Å²) in [6, 6.07) is 14.6. The summed E-state index contributed by atoms with van der Waals surface area (Å²) in [6.45, 7) is 1.07. The molecule has 2 aromatic carbocycles. The lowest BCUT2D eigenvalue weighted by Gasteiger charge is -2.17. The molecule has 5 heteroatoms. The molecular formula is C17H17N3O2. The van der Waals surface area contributed by atoms with Gasteiger partial charge in [0.05, 0.1) is 0 Å². The van der Waals surface area contributed by atoms with Crippen molar-refractivity contribution in [1.82, 2.24) is 5.32 Å². The van der Waals surface area contributed by atoms with Gasteiger partial charge in [0, 0.05) is 24.3 Å². The van der Waals surface area contributed by atoms with Gasteiger partial charge in [-0.15, -0.1) is 0 Å². The second-order valence-corrected chi connectivity index (χ2v) is 5.25. The number of amides is 3. The molecule has 2 aromatic rings. The zero-order chi connectivity index (χ0) is 15.5. The molecule has 0 spiro atoms. The second-order valence-electron chi connectivity index (χ2n) is 5.25. The number of para-hydroxylation sites is 1. The molecule has 3 N–H and O–H groups in total. The fraction of sp³-hybridized carbons (Fsp3) is 0.176. The van der Waals surface area contributed by atoms with Crippen LogP contribution in [-0.4, -0.2) is 18.5 Å². The van der Waals surface area contributed by atoms with Crippen molar-refractivity contribution >= 4 is 17.6 Å². The van der Waals surface area contributed by atoms with E-state index in [0.29, 0.717) is 18.7 Å². The zero-order valence-electron chi connectivity index (χ0n) is 12.1. The highest BCUT2D eigenvalue weighted by molar-refractivity contribution is 6.07. The molecule has 0 aliphatic carbocycles. The topological polar surface area (TPSA) is 75.4 Å². The highest BCUT2D eigenvalue weighted by Gasteiger charge is 2.24. The van der Waals surface area contributed by atoms with Crippen LogP contribution < -0.4 is 16.0 Å². The Bertz CT molecular complexity index is 710. The van der Waals surface area contributed by atoms with Gasteiger partial charge in [-0.2, -0.15) is 0 Å². The van der Waals surface area contributed by atoms with Crippen molar-refractivity contribution < 1.29 is 9.59 Å². The molecule has 1 aliphatic heterocycles. The molecule has 0 radical (unpaired) electrons. The fourth-order valence-corrected chi connectivity index (χ4v) is 2.66. The average Bonchev–Trinajstić information content (AvgIpc) is 2.97. The van der Waals surface area contributed by atoms with Crippen LogP contribution in [0.1, 0.15) is 21.5 Å². The van der Waals surface area contributed by atoms with Gasteiger partial charge < -0.3 is 16.0 Å². The Morgan fingerprint density at radius 3 is 2.55 bits per heavy atom. The minimum Gasteiger partial charge on any atom is -0.352 e. The van der Waals surface area contributed by atoms with Crippen LogP contribution in [0, 0.1) is 0 Å². The van der Waals surface area contributed by atoms with Crippen molar-refractivity contribution in [3.8, 4) is 0 Å². The van der Waals surface area contributed by atoms with Gasteiger partial charge in [-0.25, -0.2) is 4.79 Å². The molecule has 0 aromatic heterocycles. The molecule has 0 fully saturated rings. The number of nitrogens with two attached hydrogens (primary N) is 1. The number of hydrogen-bond acceptors (Lipinski definition) is 2. The Balaban J connectivity index is 1.75. The summed E-state index contributed by atoms with van der Waals surface area (Å²) >= 11 is 0. The highest BCUT2D eigenvalue weighted by Crippen LogP contribution is 2.28. The number of benzene rings is 2. The van der Waals surface area contributed by atoms with Crippen LogP contribution in [0.25, 0.3) is 0 Å². The van der Waals surface area contributed by atoms with E-state index in [-0.39, 0.29) is 5.91 Å². The molecular weight excluding hydrogens is 278 g/mol. The molecule has 5 nitrogen and oxygen atoms in total. The third-order valence-corrected chi connectivity index (χ3v) is 3.80. The maximum absolute atomic E-state index is 12.6. The Morgan fingerprint density at radius 2 is 1.82 bits per heavy atom. The van der Waals surface area contributed by atoms with Crippen LogP contribution in [0.3, 0.4) is 0 Å². The quantitative estimate of drug-likeness (QED) is 0.909. The SMILES string of the molecule is NC(=O)NCc1ccc(C(=O)N2CCc3ccccc32)cc1. The van der Waals surface area contributed by atoms with Crippen molar-refractivity contribution in [1.29, 1.82) is 0 Å². The summed E-state index contributed by atoms with van der Waals surface area (Å²) < 4.78 is 0. The summed E-state index contributed by atoms with van der Waals surface area (Å²) in [5.41, 5.74) is 8.77. The third kappa shape index (κ3) is 2.79. The Hall–Kier alpha value is -2.82. The third-order valence-electron chi connectivity index (χ3n) is 3.80. The van der Waals surface area contributed by atoms with Crippen LogP contribution in [0.5, 0.6) is 0 Å². The fourth-order valence-electron chi connectivity index (χ4n) is 2.66. The van der Waals surface area contributed by atoms with Crippen LogP contribution in [0.15, 0.2) is 48.5 Å². The molecule has 3 amide bonds. The molecule has 0 saturated heterocycles. The highest BCUT2D eigenvalue weighted by atomic mass is 16.2. The van der Waals surface area contributed by atoms with Gasteiger partial charge in [0.2, 0.25) is 0 Å². The number of urea groups is 1. The second kappa shape index (κ2) is 5.89. The molecule has 22 heavy (non-hydrogen) atoms. The lowest BCUT2D eigenvalue weighted by atomic mass is 10.1. The van der Waals surface area contributed by atoms with E-state index in [2.05, 4.69) is 11.4 Å².